The van der Waals surface area contributed by atoms with Gasteiger partial charge in [0.1, 0.15) is 19.8 Å². The summed E-state index contributed by atoms with van der Waals surface area (Å²) < 4.78 is 34.0. The number of carbonyl (C=O) groups excluding carboxylic acids is 2. The summed E-state index contributed by atoms with van der Waals surface area (Å²) in [7, 11) is 1.11. The lowest BCUT2D eigenvalue weighted by Crippen LogP contribution is -2.37. The van der Waals surface area contributed by atoms with Crippen molar-refractivity contribution in [2.24, 2.45) is 0 Å². The quantitative estimate of drug-likeness (QED) is 0.0195. The molecule has 10 heteroatoms. The number of rotatable bonds is 49. The Labute approximate surface area is 452 Å². The number of ether oxygens (including phenoxy) is 2. The first-order chi connectivity index (χ1) is 36.0. The van der Waals surface area contributed by atoms with Crippen LogP contribution >= 0.6 is 7.82 Å². The minimum atomic E-state index is -4.66. The first-order valence-electron chi connectivity index (χ1n) is 28.2. The SMILES string of the molecule is CC/C=C\C/C=C\C/C=C\C/C=C\C/C=C\C/C=C\C/C=C\C/C=C\C/C=C\CCCCCCCC(=O)OC(COC(=O)CCCCCC/C=C\C/C=C\C/C=C\C/C=C\CC)COP(=O)([O-])OCC[N+](C)(C)C. The molecule has 9 nitrogen and oxygen atoms in total. The minimum absolute atomic E-state index is 0.0491. The summed E-state index contributed by atoms with van der Waals surface area (Å²) >= 11 is 0. The zero-order valence-electron chi connectivity index (χ0n) is 47.0. The van der Waals surface area contributed by atoms with Gasteiger partial charge in [-0.3, -0.25) is 14.2 Å². The average molecular weight is 1040 g/mol. The summed E-state index contributed by atoms with van der Waals surface area (Å²) in [4.78, 5) is 37.8. The second-order valence-corrected chi connectivity index (χ2v) is 20.6. The molecule has 0 N–H and O–H groups in total. The molecule has 0 aliphatic heterocycles. The van der Waals surface area contributed by atoms with Crippen molar-refractivity contribution in [3.05, 3.63) is 158 Å². The minimum Gasteiger partial charge on any atom is -0.756 e. The van der Waals surface area contributed by atoms with Gasteiger partial charge in [0.15, 0.2) is 6.10 Å². The number of phosphoric ester groups is 1. The van der Waals surface area contributed by atoms with Gasteiger partial charge in [-0.25, -0.2) is 0 Å². The lowest BCUT2D eigenvalue weighted by atomic mass is 10.1. The van der Waals surface area contributed by atoms with Crippen LogP contribution in [0.4, 0.5) is 0 Å². The van der Waals surface area contributed by atoms with Gasteiger partial charge >= 0.3 is 11.9 Å². The molecule has 74 heavy (non-hydrogen) atoms. The van der Waals surface area contributed by atoms with Gasteiger partial charge in [0.2, 0.25) is 0 Å². The summed E-state index contributed by atoms with van der Waals surface area (Å²) in [5.41, 5.74) is 0. The number of likely N-dealkylation sites (N-methyl/N-ethyl adjacent to an activating group) is 1. The number of carbonyl (C=O) groups is 2. The van der Waals surface area contributed by atoms with Crippen LogP contribution < -0.4 is 4.89 Å². The Balaban J connectivity index is 4.30. The van der Waals surface area contributed by atoms with Crippen LogP contribution in [0.15, 0.2) is 158 Å². The normalized spacial score (nSPS) is 14.5. The summed E-state index contributed by atoms with van der Waals surface area (Å²) in [6, 6.07) is 0. The third kappa shape index (κ3) is 56.9. The van der Waals surface area contributed by atoms with Crippen LogP contribution in [0.2, 0.25) is 0 Å². The van der Waals surface area contributed by atoms with Crippen molar-refractivity contribution in [3.8, 4) is 0 Å². The summed E-state index contributed by atoms with van der Waals surface area (Å²) in [5, 5.41) is 0. The number of hydrogen-bond acceptors (Lipinski definition) is 8. The molecule has 2 atom stereocenters. The van der Waals surface area contributed by atoms with E-state index in [1.54, 1.807) is 0 Å². The first kappa shape index (κ1) is 69.6. The Morgan fingerprint density at radius 2 is 0.730 bits per heavy atom. The molecule has 0 aliphatic carbocycles. The van der Waals surface area contributed by atoms with E-state index in [1.165, 1.54) is 0 Å². The van der Waals surface area contributed by atoms with E-state index in [0.717, 1.165) is 141 Å². The average Bonchev–Trinajstić information content (AvgIpc) is 3.36. The van der Waals surface area contributed by atoms with Crippen LogP contribution in [0.5, 0.6) is 0 Å². The van der Waals surface area contributed by atoms with Gasteiger partial charge in [-0.05, 0) is 122 Å². The summed E-state index contributed by atoms with van der Waals surface area (Å²) in [6.07, 6.45) is 80.0. The Kier molecular flexibility index (Phi) is 50.3. The van der Waals surface area contributed by atoms with E-state index in [2.05, 4.69) is 172 Å². The molecule has 0 aromatic carbocycles. The second-order valence-electron chi connectivity index (χ2n) is 19.2. The predicted octanol–water partition coefficient (Wildman–Crippen LogP) is 17.1. The highest BCUT2D eigenvalue weighted by Crippen LogP contribution is 2.38. The molecule has 0 aromatic heterocycles. The van der Waals surface area contributed by atoms with Crippen molar-refractivity contribution in [3.63, 3.8) is 0 Å². The molecule has 0 rings (SSSR count). The van der Waals surface area contributed by atoms with E-state index < -0.39 is 32.5 Å². The molecule has 0 saturated heterocycles. The Morgan fingerprint density at radius 3 is 1.08 bits per heavy atom. The van der Waals surface area contributed by atoms with Crippen LogP contribution in [0.25, 0.3) is 0 Å². The smallest absolute Gasteiger partial charge is 0.306 e. The molecule has 0 bridgehead atoms. The van der Waals surface area contributed by atoms with Gasteiger partial charge in [-0.15, -0.1) is 0 Å². The highest BCUT2D eigenvalue weighted by atomic mass is 31.2. The number of quaternary nitrogens is 1. The van der Waals surface area contributed by atoms with Gasteiger partial charge in [-0.1, -0.05) is 204 Å². The maximum Gasteiger partial charge on any atom is 0.306 e. The number of phosphoric acid groups is 1. The Bertz CT molecular complexity index is 1800. The standard InChI is InChI=1S/C64H102NO8P/c1-6-8-10-12-14-16-18-20-22-24-25-26-27-28-29-30-31-32-33-34-35-36-37-38-39-41-43-45-47-49-51-53-55-57-64(67)73-62(61-72-74(68,69)71-59-58-65(3,4)5)60-70-63(66)56-54-52-50-48-46-44-42-40-23-21-19-17-15-13-11-9-7-2/h8-11,14-17,20-23,25-26,28-29,31-32,34-35,37-38,41-44,62H,6-7,12-13,18-19,24,27,30,33,36,39-40,45-61H2,1-5H3/b10-8-,11-9-,16-14-,17-15-,22-20-,23-21-,26-25-,29-28-,32-31-,35-34-,38-37-,43-41-,44-42-. The molecule has 0 aliphatic rings. The molecular formula is C64H102NO8P. The van der Waals surface area contributed by atoms with Gasteiger partial charge < -0.3 is 27.9 Å². The van der Waals surface area contributed by atoms with Crippen LogP contribution in [-0.4, -0.2) is 70.0 Å². The number of unbranched alkanes of at least 4 members (excludes halogenated alkanes) is 9. The van der Waals surface area contributed by atoms with Crippen molar-refractivity contribution in [2.45, 2.75) is 187 Å². The van der Waals surface area contributed by atoms with Crippen LogP contribution in [-0.2, 0) is 32.7 Å². The molecule has 0 aromatic rings. The third-order valence-corrected chi connectivity index (χ3v) is 12.0. The number of allylic oxidation sites excluding steroid dienone is 26. The highest BCUT2D eigenvalue weighted by molar-refractivity contribution is 7.45. The van der Waals surface area contributed by atoms with Gasteiger partial charge in [0.25, 0.3) is 7.82 Å². The van der Waals surface area contributed by atoms with E-state index >= 15 is 0 Å². The molecular weight excluding hydrogens is 942 g/mol. The molecule has 416 valence electrons. The Hall–Kier alpha value is -4.37. The molecule has 0 fully saturated rings. The monoisotopic (exact) mass is 1040 g/mol. The van der Waals surface area contributed by atoms with E-state index in [9.17, 15) is 19.0 Å². The molecule has 0 radical (unpaired) electrons. The largest absolute Gasteiger partial charge is 0.756 e. The second kappa shape index (κ2) is 53.5. The summed E-state index contributed by atoms with van der Waals surface area (Å²) in [6.45, 7) is 3.92. The maximum absolute atomic E-state index is 12.8. The topological polar surface area (TPSA) is 111 Å². The van der Waals surface area contributed by atoms with Crippen LogP contribution in [0, 0.1) is 0 Å². The molecule has 0 spiro atoms. The first-order valence-corrected chi connectivity index (χ1v) is 29.7. The fourth-order valence-electron chi connectivity index (χ4n) is 6.75. The summed E-state index contributed by atoms with van der Waals surface area (Å²) in [5.74, 6) is -0.900. The predicted molar refractivity (Wildman–Crippen MR) is 313 cm³/mol. The van der Waals surface area contributed by atoms with E-state index in [4.69, 9.17) is 18.5 Å². The van der Waals surface area contributed by atoms with Crippen LogP contribution in [0.3, 0.4) is 0 Å². The number of nitrogens with zero attached hydrogens (tertiary/aromatic N) is 1. The van der Waals surface area contributed by atoms with Crippen molar-refractivity contribution < 1.29 is 42.1 Å². The zero-order valence-corrected chi connectivity index (χ0v) is 47.9. The van der Waals surface area contributed by atoms with Gasteiger partial charge in [-0.2, -0.15) is 0 Å². The molecule has 0 heterocycles. The molecule has 2 unspecified atom stereocenters. The third-order valence-electron chi connectivity index (χ3n) is 11.0. The Morgan fingerprint density at radius 1 is 0.419 bits per heavy atom. The number of hydrogen-bond donors (Lipinski definition) is 0. The van der Waals surface area contributed by atoms with E-state index in [-0.39, 0.29) is 26.1 Å². The lowest BCUT2D eigenvalue weighted by molar-refractivity contribution is -0.870. The van der Waals surface area contributed by atoms with Crippen molar-refractivity contribution >= 4 is 19.8 Å². The molecule has 0 amide bonds. The van der Waals surface area contributed by atoms with Crippen molar-refractivity contribution in [1.29, 1.82) is 0 Å². The fourth-order valence-corrected chi connectivity index (χ4v) is 7.48. The highest BCUT2D eigenvalue weighted by Gasteiger charge is 2.21. The van der Waals surface area contributed by atoms with Gasteiger partial charge in [0, 0.05) is 12.8 Å². The fraction of sp³-hybridized carbons (Fsp3) is 0.562. The molecule has 0 saturated carbocycles. The number of esters is 2. The zero-order chi connectivity index (χ0) is 54.2. The van der Waals surface area contributed by atoms with E-state index in [0.29, 0.717) is 23.9 Å². The van der Waals surface area contributed by atoms with E-state index in [1.807, 2.05) is 21.1 Å². The lowest BCUT2D eigenvalue weighted by Gasteiger charge is -2.28. The van der Waals surface area contributed by atoms with Crippen molar-refractivity contribution in [1.82, 2.24) is 0 Å². The maximum atomic E-state index is 12.8. The van der Waals surface area contributed by atoms with Crippen LogP contribution in [0.1, 0.15) is 181 Å². The van der Waals surface area contributed by atoms with Gasteiger partial charge in [0.05, 0.1) is 27.7 Å². The van der Waals surface area contributed by atoms with Crippen molar-refractivity contribution in [2.75, 3.05) is 47.5 Å².